The van der Waals surface area contributed by atoms with Crippen LogP contribution in [0.5, 0.6) is 0 Å². The van der Waals surface area contributed by atoms with Crippen LogP contribution in [0.2, 0.25) is 0 Å². The van der Waals surface area contributed by atoms with Crippen molar-refractivity contribution in [2.24, 2.45) is 4.99 Å². The number of hydrogen-bond donors (Lipinski definition) is 5. The van der Waals surface area contributed by atoms with E-state index in [1.54, 1.807) is 0 Å². The zero-order valence-electron chi connectivity index (χ0n) is 8.80. The van der Waals surface area contributed by atoms with Gasteiger partial charge in [-0.25, -0.2) is 0 Å². The molecule has 0 aliphatic heterocycles. The summed E-state index contributed by atoms with van der Waals surface area (Å²) in [5.74, 6) is -0.115. The largest absolute Gasteiger partial charge is 0.506 e. The van der Waals surface area contributed by atoms with E-state index in [0.717, 1.165) is 0 Å². The summed E-state index contributed by atoms with van der Waals surface area (Å²) in [7, 11) is 0. The van der Waals surface area contributed by atoms with Crippen LogP contribution in [0, 0.1) is 0 Å². The van der Waals surface area contributed by atoms with Crippen LogP contribution < -0.4 is 5.32 Å². The first-order chi connectivity index (χ1) is 7.69. The Bertz CT molecular complexity index is 323. The lowest BCUT2D eigenvalue weighted by molar-refractivity contribution is 0.236. The van der Waals surface area contributed by atoms with Gasteiger partial charge in [0.1, 0.15) is 17.6 Å². The second-order valence-electron chi connectivity index (χ2n) is 3.24. The summed E-state index contributed by atoms with van der Waals surface area (Å²) >= 11 is 0. The molecule has 1 aliphatic rings. The minimum absolute atomic E-state index is 0.0527. The second kappa shape index (κ2) is 6.26. The molecule has 0 aromatic carbocycles. The number of allylic oxidation sites excluding steroid dienone is 1. The Morgan fingerprint density at radius 1 is 1.31 bits per heavy atom. The van der Waals surface area contributed by atoms with E-state index in [4.69, 9.17) is 10.2 Å². The van der Waals surface area contributed by atoms with Crippen molar-refractivity contribution in [2.75, 3.05) is 26.3 Å². The molecule has 1 atom stereocenters. The minimum Gasteiger partial charge on any atom is -0.506 e. The molecular formula is C10H16N2O4. The van der Waals surface area contributed by atoms with Gasteiger partial charge in [-0.1, -0.05) is 0 Å². The normalized spacial score (nSPS) is 22.9. The predicted octanol–water partition coefficient (Wildman–Crippen LogP) is -1.30. The Kier molecular flexibility index (Phi) is 4.97. The van der Waals surface area contributed by atoms with E-state index in [0.29, 0.717) is 18.0 Å². The number of rotatable bonds is 5. The number of nitrogens with zero attached hydrogens (tertiary/aromatic N) is 1. The molecule has 1 unspecified atom stereocenters. The topological polar surface area (TPSA) is 105 Å². The summed E-state index contributed by atoms with van der Waals surface area (Å²) in [5, 5.41) is 39.1. The summed E-state index contributed by atoms with van der Waals surface area (Å²) in [5.41, 5.74) is 0.767. The Morgan fingerprint density at radius 2 is 2.06 bits per heavy atom. The smallest absolute Gasteiger partial charge is 0.139 e. The third-order valence-corrected chi connectivity index (χ3v) is 2.01. The van der Waals surface area contributed by atoms with Gasteiger partial charge in [0, 0.05) is 12.2 Å². The lowest BCUT2D eigenvalue weighted by atomic mass is 10.1. The van der Waals surface area contributed by atoms with Gasteiger partial charge in [0.15, 0.2) is 0 Å². The van der Waals surface area contributed by atoms with E-state index < -0.39 is 6.10 Å². The Balaban J connectivity index is 2.76. The first-order valence-corrected chi connectivity index (χ1v) is 5.00. The van der Waals surface area contributed by atoms with E-state index in [1.807, 2.05) is 0 Å². The van der Waals surface area contributed by atoms with Gasteiger partial charge < -0.3 is 25.7 Å². The molecule has 1 rings (SSSR count). The highest BCUT2D eigenvalue weighted by molar-refractivity contribution is 6.08. The maximum absolute atomic E-state index is 9.56. The average Bonchev–Trinajstić information content (AvgIpc) is 2.26. The molecule has 5 N–H and O–H groups in total. The predicted molar refractivity (Wildman–Crippen MR) is 59.3 cm³/mol. The molecule has 0 aromatic heterocycles. The zero-order chi connectivity index (χ0) is 12.0. The highest BCUT2D eigenvalue weighted by Gasteiger charge is 2.18. The van der Waals surface area contributed by atoms with E-state index in [1.165, 1.54) is 12.2 Å². The van der Waals surface area contributed by atoms with Gasteiger partial charge in [-0.3, -0.25) is 4.99 Å². The quantitative estimate of drug-likeness (QED) is 0.402. The fourth-order valence-electron chi connectivity index (χ4n) is 1.28. The van der Waals surface area contributed by atoms with Crippen molar-refractivity contribution in [3.63, 3.8) is 0 Å². The van der Waals surface area contributed by atoms with Gasteiger partial charge in [-0.2, -0.15) is 0 Å². The maximum atomic E-state index is 9.56. The second-order valence-corrected chi connectivity index (χ2v) is 3.24. The summed E-state index contributed by atoms with van der Waals surface area (Å²) < 4.78 is 0. The standard InChI is InChI=1S/C10H16N2O4/c13-3-1-11-7-5-8(12-2-4-14)10(16)6-9(7)15/h5-6,9,11,13-16H,1-4H2. The third kappa shape index (κ3) is 3.34. The summed E-state index contributed by atoms with van der Waals surface area (Å²) in [6, 6.07) is 0. The molecule has 0 aromatic rings. The molecule has 6 nitrogen and oxygen atoms in total. The number of hydrogen-bond acceptors (Lipinski definition) is 6. The van der Waals surface area contributed by atoms with Gasteiger partial charge in [0.25, 0.3) is 0 Å². The van der Waals surface area contributed by atoms with Gasteiger partial charge in [0.05, 0.1) is 19.8 Å². The highest BCUT2D eigenvalue weighted by atomic mass is 16.3. The molecule has 0 amide bonds. The van der Waals surface area contributed by atoms with Crippen LogP contribution in [0.25, 0.3) is 0 Å². The van der Waals surface area contributed by atoms with Crippen LogP contribution in [0.3, 0.4) is 0 Å². The van der Waals surface area contributed by atoms with Crippen molar-refractivity contribution >= 4 is 5.71 Å². The molecule has 0 bridgehead atoms. The van der Waals surface area contributed by atoms with E-state index in [-0.39, 0.29) is 25.5 Å². The molecule has 90 valence electrons. The van der Waals surface area contributed by atoms with E-state index in [2.05, 4.69) is 10.3 Å². The van der Waals surface area contributed by atoms with Crippen LogP contribution in [0.1, 0.15) is 0 Å². The summed E-state index contributed by atoms with van der Waals surface area (Å²) in [4.78, 5) is 3.93. The lowest BCUT2D eigenvalue weighted by Crippen LogP contribution is -2.29. The van der Waals surface area contributed by atoms with Gasteiger partial charge in [-0.15, -0.1) is 0 Å². The van der Waals surface area contributed by atoms with Gasteiger partial charge in [-0.05, 0) is 12.2 Å². The number of aliphatic hydroxyl groups is 4. The van der Waals surface area contributed by atoms with Crippen LogP contribution in [-0.4, -0.2) is 58.5 Å². The number of nitrogens with one attached hydrogen (secondary N) is 1. The van der Waals surface area contributed by atoms with Gasteiger partial charge >= 0.3 is 0 Å². The molecular weight excluding hydrogens is 212 g/mol. The first kappa shape index (κ1) is 12.7. The lowest BCUT2D eigenvalue weighted by Gasteiger charge is -2.18. The van der Waals surface area contributed by atoms with Crippen LogP contribution in [0.15, 0.2) is 28.6 Å². The van der Waals surface area contributed by atoms with Crippen LogP contribution >= 0.6 is 0 Å². The maximum Gasteiger partial charge on any atom is 0.139 e. The molecule has 0 saturated carbocycles. The molecule has 0 saturated heterocycles. The van der Waals surface area contributed by atoms with Gasteiger partial charge in [0.2, 0.25) is 0 Å². The van der Waals surface area contributed by atoms with Crippen molar-refractivity contribution in [1.29, 1.82) is 0 Å². The number of aliphatic hydroxyl groups excluding tert-OH is 4. The third-order valence-electron chi connectivity index (χ3n) is 2.01. The molecule has 6 heteroatoms. The summed E-state index contributed by atoms with van der Waals surface area (Å²) in [6.45, 7) is 0.341. The zero-order valence-corrected chi connectivity index (χ0v) is 8.80. The fourth-order valence-corrected chi connectivity index (χ4v) is 1.28. The Labute approximate surface area is 93.3 Å². The molecule has 0 spiro atoms. The van der Waals surface area contributed by atoms with Crippen molar-refractivity contribution < 1.29 is 20.4 Å². The van der Waals surface area contributed by atoms with E-state index >= 15 is 0 Å². The Morgan fingerprint density at radius 3 is 2.69 bits per heavy atom. The molecule has 16 heavy (non-hydrogen) atoms. The Hall–Kier alpha value is -1.37. The molecule has 0 radical (unpaired) electrons. The molecule has 1 aliphatic carbocycles. The van der Waals surface area contributed by atoms with Crippen molar-refractivity contribution in [3.05, 3.63) is 23.6 Å². The van der Waals surface area contributed by atoms with Crippen molar-refractivity contribution in [3.8, 4) is 0 Å². The van der Waals surface area contributed by atoms with Crippen LogP contribution in [0.4, 0.5) is 0 Å². The number of aliphatic imine (C=N–C) groups is 1. The highest BCUT2D eigenvalue weighted by Crippen LogP contribution is 2.12. The SMILES string of the molecule is OCCN=C1C=C(NCCO)C(O)C=C1O. The van der Waals surface area contributed by atoms with E-state index in [9.17, 15) is 10.2 Å². The van der Waals surface area contributed by atoms with Crippen molar-refractivity contribution in [2.45, 2.75) is 6.10 Å². The average molecular weight is 228 g/mol. The molecule has 0 fully saturated rings. The minimum atomic E-state index is -0.931. The first-order valence-electron chi connectivity index (χ1n) is 5.00. The van der Waals surface area contributed by atoms with Crippen molar-refractivity contribution in [1.82, 2.24) is 5.32 Å². The fraction of sp³-hybridized carbons (Fsp3) is 0.500. The summed E-state index contributed by atoms with van der Waals surface area (Å²) in [6.07, 6.45) is 1.81. The molecule has 0 heterocycles. The monoisotopic (exact) mass is 228 g/mol. The van der Waals surface area contributed by atoms with Crippen LogP contribution in [-0.2, 0) is 0 Å².